The number of aromatic amines is 1. The van der Waals surface area contributed by atoms with Gasteiger partial charge in [-0.2, -0.15) is 0 Å². The maximum Gasteiger partial charge on any atom is 0.258 e. The lowest BCUT2D eigenvalue weighted by Gasteiger charge is -2.15. The zero-order chi connectivity index (χ0) is 17.6. The first kappa shape index (κ1) is 17.3. The number of benzene rings is 1. The number of carbonyl (C=O) groups is 1. The molecule has 0 aliphatic heterocycles. The van der Waals surface area contributed by atoms with Gasteiger partial charge in [-0.05, 0) is 37.0 Å². The third kappa shape index (κ3) is 4.74. The van der Waals surface area contributed by atoms with Crippen LogP contribution in [0.1, 0.15) is 10.7 Å². The van der Waals surface area contributed by atoms with Crippen molar-refractivity contribution in [3.63, 3.8) is 0 Å². The third-order valence-electron chi connectivity index (χ3n) is 3.77. The number of nitrogens with zero attached hydrogens (tertiary/aromatic N) is 2. The van der Waals surface area contributed by atoms with Gasteiger partial charge in [-0.1, -0.05) is 18.2 Å². The molecule has 2 aromatic heterocycles. The van der Waals surface area contributed by atoms with Gasteiger partial charge in [0.05, 0.1) is 24.0 Å². The van der Waals surface area contributed by atoms with Gasteiger partial charge in [0.15, 0.2) is 0 Å². The molecule has 1 amide bonds. The lowest BCUT2D eigenvalue weighted by molar-refractivity contribution is -0.122. The molecule has 0 aliphatic carbocycles. The zero-order valence-corrected chi connectivity index (χ0v) is 14.8. The minimum Gasteiger partial charge on any atom is -0.355 e. The number of para-hydroxylation sites is 1. The number of H-pyrrole nitrogens is 1. The summed E-state index contributed by atoms with van der Waals surface area (Å²) in [6, 6.07) is 11.3. The molecular formula is C18H20N4O2S. The Bertz CT molecular complexity index is 905. The van der Waals surface area contributed by atoms with E-state index in [2.05, 4.69) is 21.4 Å². The number of thiophene rings is 1. The second kappa shape index (κ2) is 8.04. The number of nitrogens with one attached hydrogen (secondary N) is 2. The highest BCUT2D eigenvalue weighted by molar-refractivity contribution is 7.09. The van der Waals surface area contributed by atoms with Crippen molar-refractivity contribution in [2.75, 3.05) is 20.1 Å². The van der Waals surface area contributed by atoms with E-state index in [1.54, 1.807) is 17.4 Å². The molecule has 0 bridgehead atoms. The van der Waals surface area contributed by atoms with Crippen molar-refractivity contribution >= 4 is 28.1 Å². The first-order chi connectivity index (χ1) is 12.1. The molecule has 3 rings (SSSR count). The molecule has 0 fully saturated rings. The van der Waals surface area contributed by atoms with E-state index in [4.69, 9.17) is 0 Å². The predicted molar refractivity (Wildman–Crippen MR) is 99.7 cm³/mol. The van der Waals surface area contributed by atoms with Crippen molar-refractivity contribution in [2.24, 2.45) is 0 Å². The number of fused-ring (bicyclic) bond motifs is 1. The van der Waals surface area contributed by atoms with Crippen LogP contribution < -0.4 is 10.9 Å². The van der Waals surface area contributed by atoms with Gasteiger partial charge in [0.1, 0.15) is 5.82 Å². The summed E-state index contributed by atoms with van der Waals surface area (Å²) in [5.74, 6) is 0.514. The molecule has 6 nitrogen and oxygen atoms in total. The first-order valence-corrected chi connectivity index (χ1v) is 8.95. The van der Waals surface area contributed by atoms with Crippen molar-refractivity contribution in [3.05, 3.63) is 62.8 Å². The van der Waals surface area contributed by atoms with Crippen LogP contribution in [0.4, 0.5) is 0 Å². The number of hydrogen-bond donors (Lipinski definition) is 2. The fourth-order valence-corrected chi connectivity index (χ4v) is 3.31. The van der Waals surface area contributed by atoms with E-state index in [9.17, 15) is 9.59 Å². The summed E-state index contributed by atoms with van der Waals surface area (Å²) >= 11 is 1.69. The topological polar surface area (TPSA) is 78.1 Å². The number of amides is 1. The summed E-state index contributed by atoms with van der Waals surface area (Å²) in [7, 11) is 1.83. The maximum atomic E-state index is 12.1. The highest BCUT2D eigenvalue weighted by Gasteiger charge is 2.10. The van der Waals surface area contributed by atoms with Crippen molar-refractivity contribution in [2.45, 2.75) is 13.0 Å². The van der Waals surface area contributed by atoms with Gasteiger partial charge in [0, 0.05) is 11.4 Å². The summed E-state index contributed by atoms with van der Waals surface area (Å²) in [6.45, 7) is 1.28. The minimum atomic E-state index is -0.158. The molecule has 0 saturated carbocycles. The fraction of sp³-hybridized carbons (Fsp3) is 0.278. The first-order valence-electron chi connectivity index (χ1n) is 8.07. The average molecular weight is 356 g/mol. The molecule has 0 aliphatic rings. The molecule has 1 aromatic carbocycles. The predicted octanol–water partition coefficient (Wildman–Crippen LogP) is 1.78. The normalized spacial score (nSPS) is 11.1. The number of likely N-dealkylation sites (N-methyl/N-ethyl adjacent to an activating group) is 1. The highest BCUT2D eigenvalue weighted by Crippen LogP contribution is 2.08. The highest BCUT2D eigenvalue weighted by atomic mass is 32.1. The van der Waals surface area contributed by atoms with Crippen LogP contribution in [0.25, 0.3) is 10.9 Å². The molecule has 25 heavy (non-hydrogen) atoms. The fourth-order valence-electron chi connectivity index (χ4n) is 2.60. The Kier molecular flexibility index (Phi) is 5.57. The van der Waals surface area contributed by atoms with Gasteiger partial charge in [0.25, 0.3) is 5.56 Å². The summed E-state index contributed by atoms with van der Waals surface area (Å²) < 4.78 is 0. The lowest BCUT2D eigenvalue weighted by atomic mass is 10.2. The van der Waals surface area contributed by atoms with Crippen molar-refractivity contribution in [1.29, 1.82) is 0 Å². The van der Waals surface area contributed by atoms with Gasteiger partial charge < -0.3 is 10.3 Å². The van der Waals surface area contributed by atoms with Crippen LogP contribution in [0, 0.1) is 0 Å². The van der Waals surface area contributed by atoms with Crippen molar-refractivity contribution in [1.82, 2.24) is 20.2 Å². The minimum absolute atomic E-state index is 0.0396. The Balaban J connectivity index is 1.52. The van der Waals surface area contributed by atoms with Crippen molar-refractivity contribution < 1.29 is 4.79 Å². The lowest BCUT2D eigenvalue weighted by Crippen LogP contribution is -2.36. The van der Waals surface area contributed by atoms with E-state index in [0.717, 1.165) is 6.42 Å². The van der Waals surface area contributed by atoms with E-state index in [0.29, 0.717) is 29.8 Å². The van der Waals surface area contributed by atoms with Crippen LogP contribution in [0.15, 0.2) is 46.6 Å². The monoisotopic (exact) mass is 356 g/mol. The van der Waals surface area contributed by atoms with Crippen LogP contribution >= 0.6 is 11.3 Å². The number of carbonyl (C=O) groups excluding carboxylic acids is 1. The molecule has 2 N–H and O–H groups in total. The van der Waals surface area contributed by atoms with Crippen LogP contribution in [0.3, 0.4) is 0 Å². The molecule has 2 heterocycles. The SMILES string of the molecule is CN(CC(=O)NCCc1cccs1)Cc1nc2ccccc2c(=O)[nH]1. The summed E-state index contributed by atoms with van der Waals surface area (Å²) in [5, 5.41) is 5.51. The molecule has 0 radical (unpaired) electrons. The average Bonchev–Trinajstić information content (AvgIpc) is 3.08. The van der Waals surface area contributed by atoms with Crippen LogP contribution in [-0.4, -0.2) is 40.9 Å². The van der Waals surface area contributed by atoms with E-state index in [-0.39, 0.29) is 18.0 Å². The number of aromatic nitrogens is 2. The Morgan fingerprint density at radius 2 is 2.12 bits per heavy atom. The third-order valence-corrected chi connectivity index (χ3v) is 4.70. The van der Waals surface area contributed by atoms with Gasteiger partial charge >= 0.3 is 0 Å². The number of hydrogen-bond acceptors (Lipinski definition) is 5. The van der Waals surface area contributed by atoms with Gasteiger partial charge in [-0.25, -0.2) is 4.98 Å². The molecule has 7 heteroatoms. The largest absolute Gasteiger partial charge is 0.355 e. The standard InChI is InChI=1S/C18H20N4O2S/c1-22(12-17(23)19-9-8-13-5-4-10-25-13)11-16-20-15-7-3-2-6-14(15)18(24)21-16/h2-7,10H,8-9,11-12H2,1H3,(H,19,23)(H,20,21,24). The quantitative estimate of drug-likeness (QED) is 0.676. The van der Waals surface area contributed by atoms with Gasteiger partial charge in [-0.3, -0.25) is 14.5 Å². The molecular weight excluding hydrogens is 336 g/mol. The van der Waals surface area contributed by atoms with Crippen molar-refractivity contribution in [3.8, 4) is 0 Å². The Hall–Kier alpha value is -2.51. The number of rotatable bonds is 7. The molecule has 0 atom stereocenters. The molecule has 130 valence electrons. The van der Waals surface area contributed by atoms with E-state index in [1.807, 2.05) is 41.6 Å². The van der Waals surface area contributed by atoms with Gasteiger partial charge in [-0.15, -0.1) is 11.3 Å². The Labute approximate surface area is 149 Å². The van der Waals surface area contributed by atoms with E-state index < -0.39 is 0 Å². The van der Waals surface area contributed by atoms with Crippen LogP contribution in [-0.2, 0) is 17.8 Å². The van der Waals surface area contributed by atoms with Crippen LogP contribution in [0.5, 0.6) is 0 Å². The van der Waals surface area contributed by atoms with E-state index >= 15 is 0 Å². The molecule has 3 aromatic rings. The second-order valence-electron chi connectivity index (χ2n) is 5.88. The Morgan fingerprint density at radius 1 is 1.28 bits per heavy atom. The summed E-state index contributed by atoms with van der Waals surface area (Å²) in [5.41, 5.74) is 0.504. The smallest absolute Gasteiger partial charge is 0.258 e. The van der Waals surface area contributed by atoms with Crippen LogP contribution in [0.2, 0.25) is 0 Å². The maximum absolute atomic E-state index is 12.1. The second-order valence-corrected chi connectivity index (χ2v) is 6.91. The molecule has 0 unspecified atom stereocenters. The Morgan fingerprint density at radius 3 is 2.92 bits per heavy atom. The molecule has 0 spiro atoms. The summed E-state index contributed by atoms with van der Waals surface area (Å²) in [6.07, 6.45) is 0.840. The molecule has 0 saturated heterocycles. The van der Waals surface area contributed by atoms with Gasteiger partial charge in [0.2, 0.25) is 5.91 Å². The summed E-state index contributed by atoms with van der Waals surface area (Å²) in [4.78, 5) is 34.4. The zero-order valence-electron chi connectivity index (χ0n) is 14.0. The van der Waals surface area contributed by atoms with E-state index in [1.165, 1.54) is 4.88 Å².